The molecular weight excluding hydrogens is 188 g/mol. The van der Waals surface area contributed by atoms with Gasteiger partial charge < -0.3 is 10.2 Å². The molecule has 1 N–H and O–H groups in total. The van der Waals surface area contributed by atoms with Gasteiger partial charge in [0.05, 0.1) is 0 Å². The van der Waals surface area contributed by atoms with E-state index in [0.29, 0.717) is 17.9 Å². The first-order valence-electron chi connectivity index (χ1n) is 6.30. The van der Waals surface area contributed by atoms with E-state index in [2.05, 4.69) is 17.1 Å². The van der Waals surface area contributed by atoms with Gasteiger partial charge in [0.2, 0.25) is 5.91 Å². The van der Waals surface area contributed by atoms with Crippen LogP contribution in [0.25, 0.3) is 0 Å². The zero-order chi connectivity index (χ0) is 10.4. The van der Waals surface area contributed by atoms with E-state index in [1.54, 1.807) is 0 Å². The van der Waals surface area contributed by atoms with Gasteiger partial charge in [-0.1, -0.05) is 6.42 Å². The molecule has 0 aromatic rings. The highest BCUT2D eigenvalue weighted by Gasteiger charge is 2.57. The Bertz CT molecular complexity index is 269. The average molecular weight is 208 g/mol. The largest absolute Gasteiger partial charge is 0.337 e. The summed E-state index contributed by atoms with van der Waals surface area (Å²) in [4.78, 5) is 14.4. The lowest BCUT2D eigenvalue weighted by molar-refractivity contribution is -0.136. The highest BCUT2D eigenvalue weighted by atomic mass is 16.2. The molecule has 84 valence electrons. The second-order valence-corrected chi connectivity index (χ2v) is 5.37. The molecule has 3 fully saturated rings. The van der Waals surface area contributed by atoms with Crippen molar-refractivity contribution < 1.29 is 4.79 Å². The van der Waals surface area contributed by atoms with Crippen LogP contribution in [-0.2, 0) is 4.79 Å². The quantitative estimate of drug-likeness (QED) is 0.693. The molecule has 2 saturated carbocycles. The number of carbonyl (C=O) groups excluding carboxylic acids is 1. The zero-order valence-electron chi connectivity index (χ0n) is 9.41. The molecule has 0 spiro atoms. The van der Waals surface area contributed by atoms with E-state index in [9.17, 15) is 4.79 Å². The number of carbonyl (C=O) groups is 1. The van der Waals surface area contributed by atoms with Gasteiger partial charge in [0, 0.05) is 31.6 Å². The maximum Gasteiger partial charge on any atom is 0.226 e. The fourth-order valence-corrected chi connectivity index (χ4v) is 3.55. The monoisotopic (exact) mass is 208 g/mol. The topological polar surface area (TPSA) is 32.3 Å². The smallest absolute Gasteiger partial charge is 0.226 e. The molecule has 2 aliphatic carbocycles. The predicted octanol–water partition coefficient (Wildman–Crippen LogP) is 0.853. The summed E-state index contributed by atoms with van der Waals surface area (Å²) < 4.78 is 0. The number of hydrogen-bond acceptors (Lipinski definition) is 2. The Kier molecular flexibility index (Phi) is 2.23. The Labute approximate surface area is 91.2 Å². The van der Waals surface area contributed by atoms with Crippen LogP contribution in [0, 0.1) is 17.8 Å². The highest BCUT2D eigenvalue weighted by Crippen LogP contribution is 2.58. The van der Waals surface area contributed by atoms with Crippen LogP contribution in [-0.4, -0.2) is 36.5 Å². The second-order valence-electron chi connectivity index (χ2n) is 5.37. The Morgan fingerprint density at radius 1 is 1.33 bits per heavy atom. The lowest BCUT2D eigenvalue weighted by Gasteiger charge is -2.34. The van der Waals surface area contributed by atoms with Gasteiger partial charge in [-0.05, 0) is 31.6 Å². The van der Waals surface area contributed by atoms with E-state index >= 15 is 0 Å². The van der Waals surface area contributed by atoms with E-state index in [0.717, 1.165) is 31.5 Å². The van der Waals surface area contributed by atoms with E-state index in [1.165, 1.54) is 19.3 Å². The first-order chi connectivity index (χ1) is 7.29. The summed E-state index contributed by atoms with van der Waals surface area (Å²) in [5.41, 5.74) is 0. The molecule has 1 saturated heterocycles. The molecule has 0 aromatic carbocycles. The van der Waals surface area contributed by atoms with Crippen molar-refractivity contribution in [3.05, 3.63) is 0 Å². The van der Waals surface area contributed by atoms with Crippen LogP contribution < -0.4 is 5.32 Å². The van der Waals surface area contributed by atoms with E-state index in [4.69, 9.17) is 0 Å². The molecule has 2 unspecified atom stereocenters. The van der Waals surface area contributed by atoms with E-state index in [-0.39, 0.29) is 0 Å². The maximum atomic E-state index is 12.3. The Morgan fingerprint density at radius 2 is 2.07 bits per heavy atom. The normalized spacial score (nSPS) is 43.9. The molecule has 0 aromatic heterocycles. The minimum absolute atomic E-state index is 0.396. The molecule has 3 atom stereocenters. The summed E-state index contributed by atoms with van der Waals surface area (Å²) in [5.74, 6) is 2.40. The zero-order valence-corrected chi connectivity index (χ0v) is 9.41. The Hall–Kier alpha value is -0.570. The van der Waals surface area contributed by atoms with Crippen molar-refractivity contribution >= 4 is 5.91 Å². The summed E-state index contributed by atoms with van der Waals surface area (Å²) in [6.07, 6.45) is 3.97. The minimum atomic E-state index is 0.396. The van der Waals surface area contributed by atoms with Gasteiger partial charge >= 0.3 is 0 Å². The summed E-state index contributed by atoms with van der Waals surface area (Å²) in [6, 6.07) is 0.396. The van der Waals surface area contributed by atoms with Crippen LogP contribution in [0.5, 0.6) is 0 Å². The van der Waals surface area contributed by atoms with Crippen molar-refractivity contribution in [2.45, 2.75) is 32.2 Å². The van der Waals surface area contributed by atoms with Gasteiger partial charge in [0.15, 0.2) is 0 Å². The summed E-state index contributed by atoms with van der Waals surface area (Å²) >= 11 is 0. The van der Waals surface area contributed by atoms with Gasteiger partial charge in [-0.15, -0.1) is 0 Å². The molecule has 1 aliphatic heterocycles. The fraction of sp³-hybridized carbons (Fsp3) is 0.917. The summed E-state index contributed by atoms with van der Waals surface area (Å²) in [5, 5.41) is 3.34. The minimum Gasteiger partial charge on any atom is -0.337 e. The van der Waals surface area contributed by atoms with Crippen LogP contribution in [0.3, 0.4) is 0 Å². The third kappa shape index (κ3) is 1.48. The van der Waals surface area contributed by atoms with E-state index < -0.39 is 0 Å². The molecule has 3 heteroatoms. The van der Waals surface area contributed by atoms with Gasteiger partial charge in [-0.3, -0.25) is 4.79 Å². The molecule has 3 aliphatic rings. The molecule has 3 rings (SSSR count). The van der Waals surface area contributed by atoms with Crippen LogP contribution in [0.2, 0.25) is 0 Å². The van der Waals surface area contributed by atoms with Crippen LogP contribution in [0.4, 0.5) is 0 Å². The van der Waals surface area contributed by atoms with Gasteiger partial charge in [0.25, 0.3) is 0 Å². The first kappa shape index (κ1) is 9.64. The number of fused-ring (bicyclic) bond motifs is 1. The van der Waals surface area contributed by atoms with E-state index in [1.807, 2.05) is 0 Å². The van der Waals surface area contributed by atoms with Gasteiger partial charge in [0.1, 0.15) is 0 Å². The molecule has 1 amide bonds. The fourth-order valence-electron chi connectivity index (χ4n) is 3.55. The molecule has 15 heavy (non-hydrogen) atoms. The lowest BCUT2D eigenvalue weighted by atomic mass is 10.1. The lowest BCUT2D eigenvalue weighted by Crippen LogP contribution is -2.53. The standard InChI is InChI=1S/C12H20N2O/c1-8-7-13-5-6-14(8)12(15)11-9-3-2-4-10(9)11/h8-11,13H,2-7H2,1H3/t8-,9?,10?,11?/m0/s1. The first-order valence-corrected chi connectivity index (χ1v) is 6.30. The van der Waals surface area contributed by atoms with Crippen LogP contribution >= 0.6 is 0 Å². The number of piperazine rings is 1. The Morgan fingerprint density at radius 3 is 2.73 bits per heavy atom. The SMILES string of the molecule is C[C@H]1CNCCN1C(=O)C1C2CCCC21. The number of nitrogens with zero attached hydrogens (tertiary/aromatic N) is 1. The molecule has 0 bridgehead atoms. The van der Waals surface area contributed by atoms with Crippen molar-refractivity contribution in [3.8, 4) is 0 Å². The van der Waals surface area contributed by atoms with Gasteiger partial charge in [-0.2, -0.15) is 0 Å². The second kappa shape index (κ2) is 3.48. The third-order valence-electron chi connectivity index (χ3n) is 4.48. The maximum absolute atomic E-state index is 12.3. The Balaban J connectivity index is 1.64. The van der Waals surface area contributed by atoms with Crippen molar-refractivity contribution in [1.29, 1.82) is 0 Å². The molecule has 3 nitrogen and oxygen atoms in total. The van der Waals surface area contributed by atoms with Crippen LogP contribution in [0.15, 0.2) is 0 Å². The number of nitrogens with one attached hydrogen (secondary N) is 1. The van der Waals surface area contributed by atoms with Crippen molar-refractivity contribution in [2.75, 3.05) is 19.6 Å². The highest BCUT2D eigenvalue weighted by molar-refractivity contribution is 5.83. The average Bonchev–Trinajstić information content (AvgIpc) is 2.72. The summed E-state index contributed by atoms with van der Waals surface area (Å²) in [6.45, 7) is 5.00. The molecular formula is C12H20N2O. The number of rotatable bonds is 1. The number of hydrogen-bond donors (Lipinski definition) is 1. The van der Waals surface area contributed by atoms with Crippen molar-refractivity contribution in [3.63, 3.8) is 0 Å². The molecule has 1 heterocycles. The predicted molar refractivity (Wildman–Crippen MR) is 58.4 cm³/mol. The van der Waals surface area contributed by atoms with Crippen molar-refractivity contribution in [2.24, 2.45) is 17.8 Å². The number of amides is 1. The van der Waals surface area contributed by atoms with Gasteiger partial charge in [-0.25, -0.2) is 0 Å². The van der Waals surface area contributed by atoms with Crippen LogP contribution in [0.1, 0.15) is 26.2 Å². The summed E-state index contributed by atoms with van der Waals surface area (Å²) in [7, 11) is 0. The molecule has 0 radical (unpaired) electrons. The third-order valence-corrected chi connectivity index (χ3v) is 4.48. The van der Waals surface area contributed by atoms with Crippen molar-refractivity contribution in [1.82, 2.24) is 10.2 Å².